The quantitative estimate of drug-likeness (QED) is 0.851. The number of hydrogen-bond acceptors (Lipinski definition) is 5. The summed E-state index contributed by atoms with van der Waals surface area (Å²) in [4.78, 5) is 15.5. The molecule has 7 nitrogen and oxygen atoms in total. The van der Waals surface area contributed by atoms with Crippen LogP contribution in [-0.2, 0) is 16.1 Å². The van der Waals surface area contributed by atoms with Crippen molar-refractivity contribution in [3.05, 3.63) is 42.9 Å². The Morgan fingerprint density at radius 1 is 1.43 bits per heavy atom. The van der Waals surface area contributed by atoms with E-state index in [-0.39, 0.29) is 5.60 Å². The van der Waals surface area contributed by atoms with E-state index >= 15 is 0 Å². The third-order valence-electron chi connectivity index (χ3n) is 4.98. The third kappa shape index (κ3) is 5.14. The Morgan fingerprint density at radius 3 is 2.82 bits per heavy atom. The molecule has 2 aliphatic rings. The van der Waals surface area contributed by atoms with Gasteiger partial charge in [-0.1, -0.05) is 0 Å². The van der Waals surface area contributed by atoms with Crippen LogP contribution in [0.25, 0.3) is 0 Å². The summed E-state index contributed by atoms with van der Waals surface area (Å²) < 4.78 is 45.3. The van der Waals surface area contributed by atoms with Crippen molar-refractivity contribution < 1.29 is 32.2 Å². The molecule has 0 aliphatic carbocycles. The molecule has 10 heteroatoms. The minimum atomic E-state index is -5.08. The minimum absolute atomic E-state index is 0.0247. The monoisotopic (exact) mass is 401 g/mol. The topological polar surface area (TPSA) is 80.7 Å². The second-order valence-corrected chi connectivity index (χ2v) is 7.11. The highest BCUT2D eigenvalue weighted by molar-refractivity contribution is 5.73. The van der Waals surface area contributed by atoms with Crippen LogP contribution in [0.5, 0.6) is 0 Å². The van der Waals surface area contributed by atoms with E-state index in [0.29, 0.717) is 6.04 Å². The Kier molecular flexibility index (Phi) is 6.09. The van der Waals surface area contributed by atoms with Crippen LogP contribution in [0, 0.1) is 0 Å². The highest BCUT2D eigenvalue weighted by atomic mass is 19.4. The molecule has 0 bridgehead atoms. The van der Waals surface area contributed by atoms with Crippen LogP contribution < -0.4 is 0 Å². The van der Waals surface area contributed by atoms with Gasteiger partial charge >= 0.3 is 12.1 Å². The van der Waals surface area contributed by atoms with Crippen LogP contribution in [0.3, 0.4) is 0 Å². The first-order valence-corrected chi connectivity index (χ1v) is 8.92. The Morgan fingerprint density at radius 2 is 2.21 bits per heavy atom. The standard InChI is InChI=1S/C16H21N3O2.C2HF3O2/c1-3-16(8-15(11-21-16)19-6-4-17-13-19)12-18(5-1)9-14-2-7-20-10-14;3-2(4,5)1(6)7/h2,4,6-7,10,13,15H,1,3,5,8-9,11-12H2;(H,6,7). The van der Waals surface area contributed by atoms with Crippen LogP contribution in [0.15, 0.2) is 41.7 Å². The Bertz CT molecular complexity index is 749. The normalized spacial score (nSPS) is 25.5. The van der Waals surface area contributed by atoms with Gasteiger partial charge in [0, 0.05) is 37.5 Å². The van der Waals surface area contributed by atoms with Crippen LogP contribution >= 0.6 is 0 Å². The largest absolute Gasteiger partial charge is 0.490 e. The molecule has 28 heavy (non-hydrogen) atoms. The van der Waals surface area contributed by atoms with Crippen molar-refractivity contribution in [2.75, 3.05) is 19.7 Å². The molecule has 0 saturated carbocycles. The molecule has 0 radical (unpaired) electrons. The molecule has 1 spiro atoms. The molecule has 4 heterocycles. The van der Waals surface area contributed by atoms with Gasteiger partial charge in [0.1, 0.15) is 0 Å². The number of carboxylic acids is 1. The Hall–Kier alpha value is -2.33. The maximum absolute atomic E-state index is 10.6. The molecule has 1 N–H and O–H groups in total. The summed E-state index contributed by atoms with van der Waals surface area (Å²) in [6.45, 7) is 3.92. The van der Waals surface area contributed by atoms with Crippen LogP contribution in [0.4, 0.5) is 13.2 Å². The number of ether oxygens (including phenoxy) is 1. The van der Waals surface area contributed by atoms with Crippen molar-refractivity contribution in [2.45, 2.75) is 43.6 Å². The van der Waals surface area contributed by atoms with Gasteiger partial charge in [-0.15, -0.1) is 0 Å². The number of nitrogens with zero attached hydrogens (tertiary/aromatic N) is 3. The number of carbonyl (C=O) groups is 1. The Balaban J connectivity index is 0.000000279. The van der Waals surface area contributed by atoms with Gasteiger partial charge in [-0.05, 0) is 25.5 Å². The van der Waals surface area contributed by atoms with E-state index in [2.05, 4.69) is 14.5 Å². The zero-order chi connectivity index (χ0) is 20.2. The fourth-order valence-corrected chi connectivity index (χ4v) is 3.75. The molecule has 2 aromatic rings. The maximum atomic E-state index is 10.6. The number of furan rings is 1. The molecule has 4 rings (SSSR count). The zero-order valence-electron chi connectivity index (χ0n) is 15.1. The molecule has 0 aromatic carbocycles. The van der Waals surface area contributed by atoms with E-state index in [4.69, 9.17) is 19.1 Å². The minimum Gasteiger partial charge on any atom is -0.475 e. The maximum Gasteiger partial charge on any atom is 0.490 e. The van der Waals surface area contributed by atoms with Gasteiger partial charge in [0.25, 0.3) is 0 Å². The lowest BCUT2D eigenvalue weighted by Crippen LogP contribution is -2.47. The van der Waals surface area contributed by atoms with Crippen LogP contribution in [0.2, 0.25) is 0 Å². The molecule has 2 aliphatic heterocycles. The first-order chi connectivity index (χ1) is 13.3. The van der Waals surface area contributed by atoms with Crippen molar-refractivity contribution in [2.24, 2.45) is 0 Å². The van der Waals surface area contributed by atoms with E-state index in [1.165, 1.54) is 18.4 Å². The lowest BCUT2D eigenvalue weighted by molar-refractivity contribution is -0.192. The summed E-state index contributed by atoms with van der Waals surface area (Å²) >= 11 is 0. The number of aromatic nitrogens is 2. The number of carboxylic acid groups (broad SMARTS) is 1. The van der Waals surface area contributed by atoms with E-state index in [9.17, 15) is 13.2 Å². The predicted molar refractivity (Wildman–Crippen MR) is 91.5 cm³/mol. The number of alkyl halides is 3. The number of piperidine rings is 1. The van der Waals surface area contributed by atoms with Gasteiger partial charge in [0.2, 0.25) is 0 Å². The van der Waals surface area contributed by atoms with Gasteiger partial charge in [-0.25, -0.2) is 9.78 Å². The van der Waals surface area contributed by atoms with Crippen LogP contribution in [0.1, 0.15) is 30.9 Å². The molecule has 0 amide bonds. The fraction of sp³-hybridized carbons (Fsp3) is 0.556. The van der Waals surface area contributed by atoms with Crippen molar-refractivity contribution in [3.8, 4) is 0 Å². The number of rotatable bonds is 3. The van der Waals surface area contributed by atoms with E-state index in [1.807, 2.05) is 31.1 Å². The molecule has 2 unspecified atom stereocenters. The summed E-state index contributed by atoms with van der Waals surface area (Å²) in [7, 11) is 0. The number of likely N-dealkylation sites (tertiary alicyclic amines) is 1. The summed E-state index contributed by atoms with van der Waals surface area (Å²) in [5.74, 6) is -2.76. The Labute approximate surface area is 159 Å². The summed E-state index contributed by atoms with van der Waals surface area (Å²) in [6.07, 6.45) is 7.75. The second kappa shape index (κ2) is 8.36. The van der Waals surface area contributed by atoms with Crippen molar-refractivity contribution in [3.63, 3.8) is 0 Å². The fourth-order valence-electron chi connectivity index (χ4n) is 3.75. The molecular weight excluding hydrogens is 379 g/mol. The first kappa shape index (κ1) is 20.4. The van der Waals surface area contributed by atoms with Gasteiger partial charge in [0.15, 0.2) is 0 Å². The smallest absolute Gasteiger partial charge is 0.475 e. The number of hydrogen-bond donors (Lipinski definition) is 1. The van der Waals surface area contributed by atoms with Crippen molar-refractivity contribution in [1.29, 1.82) is 0 Å². The predicted octanol–water partition coefficient (Wildman–Crippen LogP) is 3.11. The first-order valence-electron chi connectivity index (χ1n) is 8.92. The average Bonchev–Trinajstić information content (AvgIpc) is 3.37. The van der Waals surface area contributed by atoms with Gasteiger partial charge in [-0.3, -0.25) is 4.90 Å². The SMILES string of the molecule is O=C(O)C(F)(F)F.c1cn(C2COC3(CCCN(Cc4ccoc4)C3)C2)cn1. The van der Waals surface area contributed by atoms with Crippen molar-refractivity contribution >= 4 is 5.97 Å². The van der Waals surface area contributed by atoms with E-state index in [0.717, 1.165) is 32.7 Å². The second-order valence-electron chi connectivity index (χ2n) is 7.11. The summed E-state index contributed by atoms with van der Waals surface area (Å²) in [5.41, 5.74) is 1.27. The highest BCUT2D eigenvalue weighted by Crippen LogP contribution is 2.39. The molecule has 2 atom stereocenters. The van der Waals surface area contributed by atoms with Crippen LogP contribution in [-0.4, -0.2) is 57.0 Å². The summed E-state index contributed by atoms with van der Waals surface area (Å²) in [5, 5.41) is 7.12. The lowest BCUT2D eigenvalue weighted by atomic mass is 9.88. The summed E-state index contributed by atoms with van der Waals surface area (Å²) in [6, 6.07) is 2.48. The third-order valence-corrected chi connectivity index (χ3v) is 4.98. The van der Waals surface area contributed by atoms with Gasteiger partial charge in [-0.2, -0.15) is 13.2 Å². The number of imidazole rings is 1. The molecule has 2 aromatic heterocycles. The van der Waals surface area contributed by atoms with E-state index in [1.54, 1.807) is 6.26 Å². The molecule has 2 fully saturated rings. The lowest BCUT2D eigenvalue weighted by Gasteiger charge is -2.39. The van der Waals surface area contributed by atoms with Crippen molar-refractivity contribution in [1.82, 2.24) is 14.5 Å². The molecule has 2 saturated heterocycles. The highest BCUT2D eigenvalue weighted by Gasteiger charge is 2.43. The average molecular weight is 401 g/mol. The zero-order valence-corrected chi connectivity index (χ0v) is 15.1. The molecule has 154 valence electrons. The molecular formula is C18H22F3N3O4. The number of halogens is 3. The number of aliphatic carboxylic acids is 1. The van der Waals surface area contributed by atoms with Gasteiger partial charge in [0.05, 0.1) is 37.1 Å². The van der Waals surface area contributed by atoms with Gasteiger partial charge < -0.3 is 18.8 Å². The van der Waals surface area contributed by atoms with E-state index < -0.39 is 12.1 Å².